The third-order valence-electron chi connectivity index (χ3n) is 5.45. The van der Waals surface area contributed by atoms with Crippen molar-refractivity contribution in [3.8, 4) is 5.75 Å². The summed E-state index contributed by atoms with van der Waals surface area (Å²) in [5.74, 6) is -3.12. The highest BCUT2D eigenvalue weighted by molar-refractivity contribution is 7.21. The first-order valence-electron chi connectivity index (χ1n) is 11.6. The predicted molar refractivity (Wildman–Crippen MR) is 135 cm³/mol. The summed E-state index contributed by atoms with van der Waals surface area (Å²) >= 11 is 7.24. The van der Waals surface area contributed by atoms with E-state index in [-0.39, 0.29) is 16.5 Å². The number of carbonyl (C=O) groups is 5. The molecule has 1 aliphatic heterocycles. The third-order valence-corrected chi connectivity index (χ3v) is 6.93. The summed E-state index contributed by atoms with van der Waals surface area (Å²) in [5.41, 5.74) is 0.723. The third kappa shape index (κ3) is 7.37. The Hall–Kier alpha value is -3.42. The molecule has 2 aromatic rings. The fourth-order valence-corrected chi connectivity index (χ4v) is 5.38. The zero-order valence-electron chi connectivity index (χ0n) is 21.7. The fraction of sp³-hybridized carbons (Fsp3) is 0.480. The van der Waals surface area contributed by atoms with E-state index in [4.69, 9.17) is 44.8 Å². The summed E-state index contributed by atoms with van der Waals surface area (Å²) in [4.78, 5) is 60.0. The molecule has 1 saturated heterocycles. The van der Waals surface area contributed by atoms with Gasteiger partial charge >= 0.3 is 29.8 Å². The van der Waals surface area contributed by atoms with E-state index in [1.807, 2.05) is 0 Å². The minimum Gasteiger partial charge on any atom is -0.465 e. The van der Waals surface area contributed by atoms with Crippen molar-refractivity contribution in [1.82, 2.24) is 0 Å². The van der Waals surface area contributed by atoms with Crippen LogP contribution >= 0.6 is 22.9 Å². The van der Waals surface area contributed by atoms with Crippen LogP contribution in [-0.2, 0) is 53.5 Å². The Morgan fingerprint density at radius 2 is 1.51 bits per heavy atom. The maximum absolute atomic E-state index is 12.2. The molecule has 212 valence electrons. The van der Waals surface area contributed by atoms with Crippen molar-refractivity contribution >= 4 is 62.9 Å². The monoisotopic (exact) mass is 586 g/mol. The Kier molecular flexibility index (Phi) is 10.1. The van der Waals surface area contributed by atoms with Crippen LogP contribution in [-0.4, -0.2) is 74.3 Å². The predicted octanol–water partition coefficient (Wildman–Crippen LogP) is 2.89. The molecule has 1 aliphatic rings. The molecule has 0 amide bonds. The minimum atomic E-state index is -1.43. The lowest BCUT2D eigenvalue weighted by molar-refractivity contribution is -0.288. The smallest absolute Gasteiger partial charge is 0.348 e. The maximum atomic E-state index is 12.2. The average molecular weight is 587 g/mol. The van der Waals surface area contributed by atoms with E-state index in [1.54, 1.807) is 18.2 Å². The topological polar surface area (TPSA) is 150 Å². The molecule has 0 N–H and O–H groups in total. The first-order valence-corrected chi connectivity index (χ1v) is 13.0. The second-order valence-corrected chi connectivity index (χ2v) is 9.71. The molecule has 5 atom stereocenters. The summed E-state index contributed by atoms with van der Waals surface area (Å²) in [6, 6.07) is 4.83. The van der Waals surface area contributed by atoms with E-state index in [2.05, 4.69) is 0 Å². The molecule has 14 heteroatoms. The van der Waals surface area contributed by atoms with E-state index in [0.717, 1.165) is 37.7 Å². The highest BCUT2D eigenvalue weighted by Crippen LogP contribution is 2.39. The van der Waals surface area contributed by atoms with Crippen LogP contribution in [0.3, 0.4) is 0 Å². The second kappa shape index (κ2) is 13.1. The van der Waals surface area contributed by atoms with Crippen LogP contribution in [0.15, 0.2) is 18.2 Å². The molecule has 1 fully saturated rings. The number of alkyl halides is 1. The Morgan fingerprint density at radius 1 is 0.897 bits per heavy atom. The molecule has 0 aliphatic carbocycles. The molecule has 39 heavy (non-hydrogen) atoms. The molecular formula is C25H27ClO12S. The van der Waals surface area contributed by atoms with E-state index in [9.17, 15) is 24.0 Å². The number of halogens is 1. The highest BCUT2D eigenvalue weighted by Gasteiger charge is 2.53. The standard InChI is InChI=1S/C25H27ClO12S/c1-11(27)33-10-18-20(34-12(2)28)21(35-13(3)29)22(36-14(4)30)25(38-18)37-17-7-6-15(9-26)23-16(17)8-19(39-23)24(31)32-5/h6-8,18,20-22,25H,9-10H2,1-5H3/t18-,20+,21+,22-,25-/m1/s1. The number of fused-ring (bicyclic) bond motifs is 1. The van der Waals surface area contributed by atoms with Gasteiger partial charge in [0.05, 0.1) is 7.11 Å². The van der Waals surface area contributed by atoms with Gasteiger partial charge in [-0.2, -0.15) is 0 Å². The fourth-order valence-electron chi connectivity index (χ4n) is 3.97. The number of hydrogen-bond acceptors (Lipinski definition) is 13. The van der Waals surface area contributed by atoms with Crippen LogP contribution in [0.1, 0.15) is 42.9 Å². The van der Waals surface area contributed by atoms with Crippen LogP contribution in [0.5, 0.6) is 5.75 Å². The van der Waals surface area contributed by atoms with Crippen molar-refractivity contribution in [2.75, 3.05) is 13.7 Å². The van der Waals surface area contributed by atoms with E-state index in [0.29, 0.717) is 10.1 Å². The van der Waals surface area contributed by atoms with Crippen molar-refractivity contribution in [3.05, 3.63) is 28.6 Å². The lowest BCUT2D eigenvalue weighted by atomic mass is 9.98. The van der Waals surface area contributed by atoms with Crippen LogP contribution in [0.25, 0.3) is 10.1 Å². The summed E-state index contributed by atoms with van der Waals surface area (Å²) in [5, 5.41) is 0.492. The van der Waals surface area contributed by atoms with Crippen molar-refractivity contribution < 1.29 is 57.1 Å². The first-order chi connectivity index (χ1) is 18.4. The van der Waals surface area contributed by atoms with Gasteiger partial charge in [-0.3, -0.25) is 19.2 Å². The molecule has 0 bridgehead atoms. The van der Waals surface area contributed by atoms with Gasteiger partial charge in [0.1, 0.15) is 23.3 Å². The van der Waals surface area contributed by atoms with Gasteiger partial charge in [0.25, 0.3) is 0 Å². The molecule has 0 radical (unpaired) electrons. The van der Waals surface area contributed by atoms with Gasteiger partial charge in [-0.1, -0.05) is 6.07 Å². The molecule has 2 heterocycles. The van der Waals surface area contributed by atoms with Gasteiger partial charge in [0.2, 0.25) is 12.4 Å². The first kappa shape index (κ1) is 30.1. The van der Waals surface area contributed by atoms with E-state index < -0.39 is 67.2 Å². The van der Waals surface area contributed by atoms with Gasteiger partial charge in [-0.05, 0) is 17.7 Å². The molecule has 1 aromatic heterocycles. The number of carbonyl (C=O) groups excluding carboxylic acids is 5. The summed E-state index contributed by atoms with van der Waals surface area (Å²) in [6.07, 6.45) is -6.73. The van der Waals surface area contributed by atoms with Crippen LogP contribution in [0.4, 0.5) is 0 Å². The van der Waals surface area contributed by atoms with Gasteiger partial charge in [0.15, 0.2) is 12.2 Å². The number of esters is 5. The molecule has 12 nitrogen and oxygen atoms in total. The lowest BCUT2D eigenvalue weighted by Gasteiger charge is -2.44. The highest BCUT2D eigenvalue weighted by atomic mass is 35.5. The molecular weight excluding hydrogens is 560 g/mol. The molecule has 0 spiro atoms. The molecule has 3 rings (SSSR count). The SMILES string of the molecule is COC(=O)c1cc2c(O[C@@H]3O[C@H](COC(C)=O)[C@H](OC(C)=O)[C@H](OC(C)=O)[C@H]3OC(C)=O)ccc(CCl)c2s1. The summed E-state index contributed by atoms with van der Waals surface area (Å²) < 4.78 is 38.9. The van der Waals surface area contributed by atoms with Crippen LogP contribution < -0.4 is 4.74 Å². The van der Waals surface area contributed by atoms with Gasteiger partial charge in [-0.15, -0.1) is 22.9 Å². The van der Waals surface area contributed by atoms with Crippen LogP contribution in [0.2, 0.25) is 0 Å². The van der Waals surface area contributed by atoms with Gasteiger partial charge in [-0.25, -0.2) is 4.79 Å². The van der Waals surface area contributed by atoms with E-state index in [1.165, 1.54) is 14.0 Å². The lowest BCUT2D eigenvalue weighted by Crippen LogP contribution is -2.63. The van der Waals surface area contributed by atoms with Crippen LogP contribution in [0, 0.1) is 0 Å². The van der Waals surface area contributed by atoms with Gasteiger partial charge < -0.3 is 33.2 Å². The van der Waals surface area contributed by atoms with Crippen molar-refractivity contribution in [2.45, 2.75) is 64.3 Å². The number of rotatable bonds is 9. The maximum Gasteiger partial charge on any atom is 0.348 e. The Balaban J connectivity index is 2.10. The van der Waals surface area contributed by atoms with Gasteiger partial charge in [0, 0.05) is 43.7 Å². The molecule has 0 saturated carbocycles. The average Bonchev–Trinajstić information content (AvgIpc) is 3.31. The number of ether oxygens (including phenoxy) is 7. The van der Waals surface area contributed by atoms with E-state index >= 15 is 0 Å². The number of thiophene rings is 1. The molecule has 0 unspecified atom stereocenters. The summed E-state index contributed by atoms with van der Waals surface area (Å²) in [6.45, 7) is 4.15. The minimum absolute atomic E-state index is 0.150. The Labute approximate surface area is 232 Å². The quantitative estimate of drug-likeness (QED) is 0.241. The largest absolute Gasteiger partial charge is 0.465 e. The van der Waals surface area contributed by atoms with Crippen molar-refractivity contribution in [3.63, 3.8) is 0 Å². The zero-order chi connectivity index (χ0) is 28.9. The zero-order valence-corrected chi connectivity index (χ0v) is 23.3. The summed E-state index contributed by atoms with van der Waals surface area (Å²) in [7, 11) is 1.25. The molecule has 1 aromatic carbocycles. The second-order valence-electron chi connectivity index (χ2n) is 8.39. The normalized spacial score (nSPS) is 22.5. The Morgan fingerprint density at radius 3 is 2.08 bits per heavy atom. The number of benzene rings is 1. The number of hydrogen-bond donors (Lipinski definition) is 0. The van der Waals surface area contributed by atoms with Crippen molar-refractivity contribution in [1.29, 1.82) is 0 Å². The Bertz CT molecular complexity index is 1260. The van der Waals surface area contributed by atoms with Crippen molar-refractivity contribution in [2.24, 2.45) is 0 Å². The number of methoxy groups -OCH3 is 1.